The molecule has 0 amide bonds. The van der Waals surface area contributed by atoms with E-state index in [1.807, 2.05) is 31.2 Å². The van der Waals surface area contributed by atoms with Crippen LogP contribution in [0.1, 0.15) is 25.0 Å². The van der Waals surface area contributed by atoms with Crippen LogP contribution in [0.25, 0.3) is 0 Å². The lowest BCUT2D eigenvalue weighted by Crippen LogP contribution is -2.30. The van der Waals surface area contributed by atoms with Crippen molar-refractivity contribution in [2.24, 2.45) is 0 Å². The van der Waals surface area contributed by atoms with Crippen LogP contribution in [0.15, 0.2) is 47.4 Å². The second kappa shape index (κ2) is 8.29. The number of hydrogen-bond acceptors (Lipinski definition) is 5. The number of hydrogen-bond donors (Lipinski definition) is 1. The van der Waals surface area contributed by atoms with Crippen LogP contribution >= 0.6 is 0 Å². The van der Waals surface area contributed by atoms with Crippen molar-refractivity contribution in [2.75, 3.05) is 18.4 Å². The van der Waals surface area contributed by atoms with Gasteiger partial charge in [-0.2, -0.15) is 4.31 Å². The first-order valence-corrected chi connectivity index (χ1v) is 9.81. The fraction of sp³-hybridized carbons (Fsp3) is 0.333. The van der Waals surface area contributed by atoms with Crippen LogP contribution < -0.4 is 5.32 Å². The summed E-state index contributed by atoms with van der Waals surface area (Å²) in [5.41, 5.74) is 2.13. The molecule has 140 valence electrons. The van der Waals surface area contributed by atoms with Crippen molar-refractivity contribution < 1.29 is 13.3 Å². The summed E-state index contributed by atoms with van der Waals surface area (Å²) in [4.78, 5) is 10.8. The van der Waals surface area contributed by atoms with Gasteiger partial charge >= 0.3 is 0 Å². The van der Waals surface area contributed by atoms with Gasteiger partial charge in [0.05, 0.1) is 9.82 Å². The maximum atomic E-state index is 12.6. The smallest absolute Gasteiger partial charge is 0.293 e. The minimum Gasteiger partial charge on any atom is -0.375 e. The Hall–Kier alpha value is -2.45. The first-order valence-electron chi connectivity index (χ1n) is 8.37. The molecule has 0 aliphatic heterocycles. The maximum Gasteiger partial charge on any atom is 0.293 e. The second-order valence-corrected chi connectivity index (χ2v) is 7.80. The van der Waals surface area contributed by atoms with Gasteiger partial charge in [0.25, 0.3) is 5.69 Å². The fourth-order valence-electron chi connectivity index (χ4n) is 2.59. The molecule has 1 N–H and O–H groups in total. The van der Waals surface area contributed by atoms with E-state index in [2.05, 4.69) is 5.32 Å². The molecule has 0 spiro atoms. The topological polar surface area (TPSA) is 92.6 Å². The molecule has 7 nitrogen and oxygen atoms in total. The van der Waals surface area contributed by atoms with Gasteiger partial charge in [-0.1, -0.05) is 43.7 Å². The van der Waals surface area contributed by atoms with Crippen LogP contribution in [0.5, 0.6) is 0 Å². The van der Waals surface area contributed by atoms with Crippen molar-refractivity contribution in [3.8, 4) is 0 Å². The number of benzene rings is 2. The highest BCUT2D eigenvalue weighted by Gasteiger charge is 2.25. The molecule has 2 aromatic carbocycles. The van der Waals surface area contributed by atoms with Crippen molar-refractivity contribution in [3.63, 3.8) is 0 Å². The van der Waals surface area contributed by atoms with Crippen molar-refractivity contribution in [3.05, 3.63) is 63.7 Å². The lowest BCUT2D eigenvalue weighted by atomic mass is 10.1. The molecule has 26 heavy (non-hydrogen) atoms. The number of anilines is 1. The van der Waals surface area contributed by atoms with Crippen LogP contribution in [0.3, 0.4) is 0 Å². The average Bonchev–Trinajstić information content (AvgIpc) is 2.61. The molecule has 0 aliphatic rings. The predicted octanol–water partition coefficient (Wildman–Crippen LogP) is 3.55. The molecule has 0 saturated carbocycles. The number of nitro benzene ring substituents is 1. The molecule has 0 bridgehead atoms. The molecule has 2 rings (SSSR count). The van der Waals surface area contributed by atoms with E-state index in [1.54, 1.807) is 13.8 Å². The van der Waals surface area contributed by atoms with Gasteiger partial charge in [0, 0.05) is 25.7 Å². The summed E-state index contributed by atoms with van der Waals surface area (Å²) in [6.45, 7) is 6.46. The SMILES string of the molecule is CCN(CC)S(=O)(=O)c1ccc(NCc2ccc(C)cc2)c([N+](=O)[O-])c1. The summed E-state index contributed by atoms with van der Waals surface area (Å²) >= 11 is 0. The molecular formula is C18H23N3O4S. The van der Waals surface area contributed by atoms with Crippen LogP contribution in [-0.4, -0.2) is 30.7 Å². The molecule has 0 saturated heterocycles. The lowest BCUT2D eigenvalue weighted by Gasteiger charge is -2.18. The van der Waals surface area contributed by atoms with E-state index >= 15 is 0 Å². The first-order chi connectivity index (χ1) is 12.3. The Bertz CT molecular complexity index is 876. The molecule has 0 atom stereocenters. The minimum atomic E-state index is -3.74. The van der Waals surface area contributed by atoms with E-state index in [-0.39, 0.29) is 16.3 Å². The van der Waals surface area contributed by atoms with E-state index in [4.69, 9.17) is 0 Å². The highest BCUT2D eigenvalue weighted by molar-refractivity contribution is 7.89. The van der Waals surface area contributed by atoms with Gasteiger partial charge in [-0.25, -0.2) is 8.42 Å². The molecule has 0 aromatic heterocycles. The van der Waals surface area contributed by atoms with Crippen LogP contribution in [0.4, 0.5) is 11.4 Å². The summed E-state index contributed by atoms with van der Waals surface area (Å²) in [7, 11) is -3.74. The first kappa shape index (κ1) is 19.9. The van der Waals surface area contributed by atoms with Crippen molar-refractivity contribution >= 4 is 21.4 Å². The lowest BCUT2D eigenvalue weighted by molar-refractivity contribution is -0.384. The van der Waals surface area contributed by atoms with E-state index in [0.29, 0.717) is 19.6 Å². The minimum absolute atomic E-state index is 0.0752. The zero-order valence-corrected chi connectivity index (χ0v) is 15.9. The fourth-order valence-corrected chi connectivity index (χ4v) is 4.07. The molecule has 0 fully saturated rings. The molecule has 0 unspecified atom stereocenters. The van der Waals surface area contributed by atoms with Crippen LogP contribution in [0.2, 0.25) is 0 Å². The van der Waals surface area contributed by atoms with Gasteiger partial charge in [-0.3, -0.25) is 10.1 Å². The summed E-state index contributed by atoms with van der Waals surface area (Å²) in [5, 5.41) is 14.4. The molecule has 8 heteroatoms. The van der Waals surface area contributed by atoms with E-state index in [1.165, 1.54) is 16.4 Å². The number of nitrogens with zero attached hydrogens (tertiary/aromatic N) is 2. The van der Waals surface area contributed by atoms with Gasteiger partial charge in [0.15, 0.2) is 0 Å². The summed E-state index contributed by atoms with van der Waals surface area (Å²) < 4.78 is 26.4. The quantitative estimate of drug-likeness (QED) is 0.561. The molecular weight excluding hydrogens is 354 g/mol. The number of nitro groups is 1. The maximum absolute atomic E-state index is 12.6. The van der Waals surface area contributed by atoms with E-state index in [9.17, 15) is 18.5 Å². The van der Waals surface area contributed by atoms with Crippen LogP contribution in [0, 0.1) is 17.0 Å². The van der Waals surface area contributed by atoms with Crippen molar-refractivity contribution in [1.82, 2.24) is 4.31 Å². The zero-order chi connectivity index (χ0) is 19.3. The summed E-state index contributed by atoms with van der Waals surface area (Å²) in [6, 6.07) is 11.8. The third-order valence-electron chi connectivity index (χ3n) is 4.11. The van der Waals surface area contributed by atoms with Gasteiger partial charge in [0.1, 0.15) is 5.69 Å². The number of sulfonamides is 1. The second-order valence-electron chi connectivity index (χ2n) is 5.86. The number of aryl methyl sites for hydroxylation is 1. The standard InChI is InChI=1S/C18H23N3O4S/c1-4-20(5-2)26(24,25)16-10-11-17(18(12-16)21(22)23)19-13-15-8-6-14(3)7-9-15/h6-12,19H,4-5,13H2,1-3H3. The molecule has 0 radical (unpaired) electrons. The predicted molar refractivity (Wildman–Crippen MR) is 102 cm³/mol. The average molecular weight is 377 g/mol. The number of rotatable bonds is 8. The molecule has 0 heterocycles. The Kier molecular flexibility index (Phi) is 6.33. The normalized spacial score (nSPS) is 11.5. The summed E-state index contributed by atoms with van der Waals surface area (Å²) in [6.07, 6.45) is 0. The molecule has 0 aliphatic carbocycles. The Labute approximate surface area is 153 Å². The van der Waals surface area contributed by atoms with Crippen LogP contribution in [-0.2, 0) is 16.6 Å². The largest absolute Gasteiger partial charge is 0.375 e. The highest BCUT2D eigenvalue weighted by Crippen LogP contribution is 2.29. The number of nitrogens with one attached hydrogen (secondary N) is 1. The van der Waals surface area contributed by atoms with E-state index < -0.39 is 14.9 Å². The van der Waals surface area contributed by atoms with Gasteiger partial charge < -0.3 is 5.32 Å². The summed E-state index contributed by atoms with van der Waals surface area (Å²) in [5.74, 6) is 0. The van der Waals surface area contributed by atoms with Gasteiger partial charge in [-0.15, -0.1) is 0 Å². The molecule has 2 aromatic rings. The van der Waals surface area contributed by atoms with E-state index in [0.717, 1.165) is 17.2 Å². The highest BCUT2D eigenvalue weighted by atomic mass is 32.2. The zero-order valence-electron chi connectivity index (χ0n) is 15.1. The Morgan fingerprint density at radius 1 is 1.08 bits per heavy atom. The Balaban J connectivity index is 2.31. The third kappa shape index (κ3) is 4.39. The van der Waals surface area contributed by atoms with Crippen molar-refractivity contribution in [2.45, 2.75) is 32.2 Å². The van der Waals surface area contributed by atoms with Gasteiger partial charge in [0.2, 0.25) is 10.0 Å². The van der Waals surface area contributed by atoms with Gasteiger partial charge in [-0.05, 0) is 24.6 Å². The monoisotopic (exact) mass is 377 g/mol. The Morgan fingerprint density at radius 3 is 2.23 bits per heavy atom. The third-order valence-corrected chi connectivity index (χ3v) is 6.16. The Morgan fingerprint density at radius 2 is 1.69 bits per heavy atom. The van der Waals surface area contributed by atoms with Crippen molar-refractivity contribution in [1.29, 1.82) is 0 Å².